The van der Waals surface area contributed by atoms with E-state index in [-0.39, 0.29) is 5.91 Å². The van der Waals surface area contributed by atoms with Crippen molar-refractivity contribution < 1.29 is 4.79 Å². The van der Waals surface area contributed by atoms with Crippen LogP contribution in [0.3, 0.4) is 0 Å². The molecule has 1 aromatic rings. The number of amides is 1. The molecule has 0 bridgehead atoms. The quantitative estimate of drug-likeness (QED) is 0.798. The van der Waals surface area contributed by atoms with Gasteiger partial charge >= 0.3 is 0 Å². The average Bonchev–Trinajstić information content (AvgIpc) is 2.37. The molecule has 0 spiro atoms. The standard InChI is InChI=1S/C14H24N4O/c1-4-7-18(9-8-17(2)3)14(19)10-13-6-5-12(15)11-16-13/h5-6,11H,4,7-10,15H2,1-3H3. The van der Waals surface area contributed by atoms with Crippen molar-refractivity contribution in [2.45, 2.75) is 19.8 Å². The normalized spacial score (nSPS) is 10.7. The van der Waals surface area contributed by atoms with Gasteiger partial charge in [0, 0.05) is 25.3 Å². The van der Waals surface area contributed by atoms with E-state index in [4.69, 9.17) is 5.73 Å². The molecule has 106 valence electrons. The lowest BCUT2D eigenvalue weighted by Crippen LogP contribution is -2.38. The highest BCUT2D eigenvalue weighted by Gasteiger charge is 2.13. The van der Waals surface area contributed by atoms with Crippen molar-refractivity contribution in [3.05, 3.63) is 24.0 Å². The smallest absolute Gasteiger partial charge is 0.228 e. The predicted octanol–water partition coefficient (Wildman–Crippen LogP) is 1.01. The number of rotatable bonds is 7. The van der Waals surface area contributed by atoms with Gasteiger partial charge in [-0.3, -0.25) is 9.78 Å². The third-order valence-electron chi connectivity index (χ3n) is 2.84. The molecule has 1 amide bonds. The SMILES string of the molecule is CCCN(CCN(C)C)C(=O)Cc1ccc(N)cn1. The molecule has 1 aromatic heterocycles. The molecule has 0 atom stereocenters. The second kappa shape index (κ2) is 7.74. The van der Waals surface area contributed by atoms with Gasteiger partial charge in [0.2, 0.25) is 5.91 Å². The van der Waals surface area contributed by atoms with Gasteiger partial charge in [0.25, 0.3) is 0 Å². The van der Waals surface area contributed by atoms with Crippen molar-refractivity contribution in [2.75, 3.05) is 39.5 Å². The Balaban J connectivity index is 2.58. The van der Waals surface area contributed by atoms with E-state index < -0.39 is 0 Å². The lowest BCUT2D eigenvalue weighted by Gasteiger charge is -2.23. The predicted molar refractivity (Wildman–Crippen MR) is 77.8 cm³/mol. The summed E-state index contributed by atoms with van der Waals surface area (Å²) in [6, 6.07) is 3.59. The van der Waals surface area contributed by atoms with Crippen molar-refractivity contribution in [3.63, 3.8) is 0 Å². The van der Waals surface area contributed by atoms with Crippen LogP contribution >= 0.6 is 0 Å². The highest BCUT2D eigenvalue weighted by atomic mass is 16.2. The first kappa shape index (κ1) is 15.4. The van der Waals surface area contributed by atoms with Gasteiger partial charge in [0.05, 0.1) is 18.3 Å². The summed E-state index contributed by atoms with van der Waals surface area (Å²) < 4.78 is 0. The molecule has 0 aliphatic carbocycles. The fourth-order valence-electron chi connectivity index (χ4n) is 1.76. The molecule has 1 rings (SSSR count). The van der Waals surface area contributed by atoms with Crippen molar-refractivity contribution in [2.24, 2.45) is 0 Å². The molecule has 0 aliphatic heterocycles. The molecule has 0 radical (unpaired) electrons. The number of hydrogen-bond acceptors (Lipinski definition) is 4. The van der Waals surface area contributed by atoms with Crippen LogP contribution in [0.4, 0.5) is 5.69 Å². The Morgan fingerprint density at radius 2 is 2.00 bits per heavy atom. The van der Waals surface area contributed by atoms with E-state index in [1.165, 1.54) is 0 Å². The zero-order valence-electron chi connectivity index (χ0n) is 12.1. The minimum Gasteiger partial charge on any atom is -0.397 e. The summed E-state index contributed by atoms with van der Waals surface area (Å²) in [7, 11) is 4.02. The maximum Gasteiger partial charge on any atom is 0.228 e. The first-order valence-corrected chi connectivity index (χ1v) is 6.65. The Kier molecular flexibility index (Phi) is 6.29. The number of hydrogen-bond donors (Lipinski definition) is 1. The lowest BCUT2D eigenvalue weighted by atomic mass is 10.2. The maximum absolute atomic E-state index is 12.2. The zero-order chi connectivity index (χ0) is 14.3. The van der Waals surface area contributed by atoms with Crippen LogP contribution in [0.15, 0.2) is 18.3 Å². The molecule has 0 aliphatic rings. The summed E-state index contributed by atoms with van der Waals surface area (Å²) in [6.07, 6.45) is 2.90. The molecule has 5 heteroatoms. The molecule has 0 fully saturated rings. The van der Waals surface area contributed by atoms with Crippen molar-refractivity contribution >= 4 is 11.6 Å². The molecule has 5 nitrogen and oxygen atoms in total. The van der Waals surface area contributed by atoms with Crippen LogP contribution in [0.5, 0.6) is 0 Å². The summed E-state index contributed by atoms with van der Waals surface area (Å²) >= 11 is 0. The highest BCUT2D eigenvalue weighted by Crippen LogP contribution is 2.04. The fourth-order valence-corrected chi connectivity index (χ4v) is 1.76. The molecule has 0 unspecified atom stereocenters. The number of pyridine rings is 1. The van der Waals surface area contributed by atoms with E-state index >= 15 is 0 Å². The average molecular weight is 264 g/mol. The number of carbonyl (C=O) groups is 1. The van der Waals surface area contributed by atoms with E-state index in [2.05, 4.69) is 16.8 Å². The largest absolute Gasteiger partial charge is 0.397 e. The van der Waals surface area contributed by atoms with Gasteiger partial charge in [-0.25, -0.2) is 0 Å². The first-order chi connectivity index (χ1) is 9.02. The van der Waals surface area contributed by atoms with Crippen LogP contribution < -0.4 is 5.73 Å². The molecule has 0 saturated heterocycles. The summed E-state index contributed by atoms with van der Waals surface area (Å²) in [4.78, 5) is 20.4. The molecule has 2 N–H and O–H groups in total. The number of nitrogens with zero attached hydrogens (tertiary/aromatic N) is 3. The number of carbonyl (C=O) groups excluding carboxylic acids is 1. The van der Waals surface area contributed by atoms with Gasteiger partial charge in [-0.05, 0) is 32.6 Å². The van der Waals surface area contributed by atoms with Crippen LogP contribution in [-0.4, -0.2) is 54.4 Å². The van der Waals surface area contributed by atoms with Gasteiger partial charge in [-0.2, -0.15) is 0 Å². The van der Waals surface area contributed by atoms with Crippen LogP contribution in [0, 0.1) is 0 Å². The molecule has 19 heavy (non-hydrogen) atoms. The molecule has 1 heterocycles. The monoisotopic (exact) mass is 264 g/mol. The van der Waals surface area contributed by atoms with Crippen LogP contribution in [-0.2, 0) is 11.2 Å². The summed E-state index contributed by atoms with van der Waals surface area (Å²) in [5, 5.41) is 0. The molecular formula is C14H24N4O. The third-order valence-corrected chi connectivity index (χ3v) is 2.84. The Morgan fingerprint density at radius 1 is 1.26 bits per heavy atom. The number of likely N-dealkylation sites (N-methyl/N-ethyl adjacent to an activating group) is 1. The minimum absolute atomic E-state index is 0.126. The number of nitrogens with two attached hydrogens (primary N) is 1. The molecular weight excluding hydrogens is 240 g/mol. The van der Waals surface area contributed by atoms with Crippen LogP contribution in [0.1, 0.15) is 19.0 Å². The van der Waals surface area contributed by atoms with Crippen molar-refractivity contribution in [3.8, 4) is 0 Å². The van der Waals surface area contributed by atoms with Gasteiger partial charge in [0.1, 0.15) is 0 Å². The second-order valence-corrected chi connectivity index (χ2v) is 4.94. The van der Waals surface area contributed by atoms with Crippen molar-refractivity contribution in [1.29, 1.82) is 0 Å². The minimum atomic E-state index is 0.126. The van der Waals surface area contributed by atoms with E-state index in [1.54, 1.807) is 12.3 Å². The fraction of sp³-hybridized carbons (Fsp3) is 0.571. The maximum atomic E-state index is 12.2. The number of aromatic nitrogens is 1. The Morgan fingerprint density at radius 3 is 2.53 bits per heavy atom. The highest BCUT2D eigenvalue weighted by molar-refractivity contribution is 5.78. The topological polar surface area (TPSA) is 62.5 Å². The number of anilines is 1. The van der Waals surface area contributed by atoms with E-state index in [0.29, 0.717) is 12.1 Å². The van der Waals surface area contributed by atoms with E-state index in [1.807, 2.05) is 25.1 Å². The van der Waals surface area contributed by atoms with Gasteiger partial charge in [-0.1, -0.05) is 6.92 Å². The molecule has 0 saturated carbocycles. The van der Waals surface area contributed by atoms with E-state index in [9.17, 15) is 4.79 Å². The lowest BCUT2D eigenvalue weighted by molar-refractivity contribution is -0.130. The Bertz CT molecular complexity index is 389. The van der Waals surface area contributed by atoms with E-state index in [0.717, 1.165) is 31.7 Å². The Labute approximate surface area is 115 Å². The summed E-state index contributed by atoms with van der Waals surface area (Å²) in [6.45, 7) is 4.51. The van der Waals surface area contributed by atoms with Crippen LogP contribution in [0.2, 0.25) is 0 Å². The second-order valence-electron chi connectivity index (χ2n) is 4.94. The van der Waals surface area contributed by atoms with Crippen LogP contribution in [0.25, 0.3) is 0 Å². The van der Waals surface area contributed by atoms with Gasteiger partial charge in [0.15, 0.2) is 0 Å². The summed E-state index contributed by atoms with van der Waals surface area (Å²) in [5.41, 5.74) is 6.97. The summed E-state index contributed by atoms with van der Waals surface area (Å²) in [5.74, 6) is 0.126. The van der Waals surface area contributed by atoms with Gasteiger partial charge in [-0.15, -0.1) is 0 Å². The Hall–Kier alpha value is -1.62. The first-order valence-electron chi connectivity index (χ1n) is 6.65. The third kappa shape index (κ3) is 5.70. The number of nitrogen functional groups attached to an aromatic ring is 1. The zero-order valence-corrected chi connectivity index (χ0v) is 12.1. The van der Waals surface area contributed by atoms with Gasteiger partial charge < -0.3 is 15.5 Å². The molecule has 0 aromatic carbocycles. The van der Waals surface area contributed by atoms with Crippen molar-refractivity contribution in [1.82, 2.24) is 14.8 Å².